The Morgan fingerprint density at radius 2 is 2.15 bits per heavy atom. The lowest BCUT2D eigenvalue weighted by molar-refractivity contribution is 0.275. The number of piperidine rings is 1. The molecule has 2 atom stereocenters. The molecule has 2 fully saturated rings. The van der Waals surface area contributed by atoms with Crippen LogP contribution in [0.4, 0.5) is 8.78 Å². The SMILES string of the molecule is O=c1[nH]c(CS[C@@H]2CCNC[C@@H]2F)nc2cc(OCC3CC3)cc(F)c12. The van der Waals surface area contributed by atoms with Gasteiger partial charge >= 0.3 is 0 Å². The number of ether oxygens (including phenoxy) is 1. The molecule has 1 aromatic heterocycles. The number of nitrogens with one attached hydrogen (secondary N) is 2. The van der Waals surface area contributed by atoms with Gasteiger partial charge in [0, 0.05) is 23.9 Å². The minimum Gasteiger partial charge on any atom is -0.493 e. The first-order valence-electron chi connectivity index (χ1n) is 8.92. The highest BCUT2D eigenvalue weighted by Crippen LogP contribution is 2.30. The fourth-order valence-electron chi connectivity index (χ4n) is 3.07. The Hall–Kier alpha value is -1.67. The van der Waals surface area contributed by atoms with Crippen LogP contribution in [0.2, 0.25) is 0 Å². The number of alkyl halides is 1. The van der Waals surface area contributed by atoms with Crippen molar-refractivity contribution in [3.05, 3.63) is 34.1 Å². The van der Waals surface area contributed by atoms with E-state index in [9.17, 15) is 13.6 Å². The summed E-state index contributed by atoms with van der Waals surface area (Å²) in [4.78, 5) is 19.2. The minimum atomic E-state index is -0.916. The number of nitrogens with zero attached hydrogens (tertiary/aromatic N) is 1. The number of aromatic nitrogens is 2. The maximum Gasteiger partial charge on any atom is 0.261 e. The summed E-state index contributed by atoms with van der Waals surface area (Å²) in [6, 6.07) is 2.84. The Balaban J connectivity index is 1.54. The molecule has 4 rings (SSSR count). The quantitative estimate of drug-likeness (QED) is 0.806. The van der Waals surface area contributed by atoms with E-state index in [0.717, 1.165) is 25.8 Å². The lowest BCUT2D eigenvalue weighted by atomic mass is 10.1. The van der Waals surface area contributed by atoms with Crippen LogP contribution in [-0.4, -0.2) is 41.1 Å². The van der Waals surface area contributed by atoms with E-state index < -0.39 is 17.5 Å². The van der Waals surface area contributed by atoms with Gasteiger partial charge in [-0.25, -0.2) is 13.8 Å². The first kappa shape index (κ1) is 17.7. The monoisotopic (exact) mass is 381 g/mol. The molecule has 1 aromatic carbocycles. The Bertz CT molecular complexity index is 856. The van der Waals surface area contributed by atoms with Crippen molar-refractivity contribution in [3.8, 4) is 5.75 Å². The fourth-order valence-corrected chi connectivity index (χ4v) is 4.17. The molecular weight excluding hydrogens is 360 g/mol. The van der Waals surface area contributed by atoms with Crippen LogP contribution in [0.25, 0.3) is 10.9 Å². The molecule has 2 heterocycles. The van der Waals surface area contributed by atoms with Gasteiger partial charge in [-0.2, -0.15) is 0 Å². The first-order valence-corrected chi connectivity index (χ1v) is 9.96. The van der Waals surface area contributed by atoms with Crippen LogP contribution < -0.4 is 15.6 Å². The maximum absolute atomic E-state index is 14.3. The standard InChI is InChI=1S/C18H21F2N3O2S/c19-12-5-11(25-8-10-1-2-10)6-14-17(12)18(24)23-16(22-14)9-26-15-3-4-21-7-13(15)20/h5-6,10,13,15,21H,1-4,7-9H2,(H,22,23,24)/t13-,15+/m0/s1. The molecule has 5 nitrogen and oxygen atoms in total. The zero-order chi connectivity index (χ0) is 18.1. The largest absolute Gasteiger partial charge is 0.493 e. The predicted octanol–water partition coefficient (Wildman–Crippen LogP) is 2.78. The van der Waals surface area contributed by atoms with Crippen LogP contribution in [0, 0.1) is 11.7 Å². The third-order valence-corrected chi connectivity index (χ3v) is 6.15. The van der Waals surface area contributed by atoms with E-state index in [4.69, 9.17) is 4.74 Å². The Morgan fingerprint density at radius 1 is 1.31 bits per heavy atom. The van der Waals surface area contributed by atoms with Crippen molar-refractivity contribution < 1.29 is 13.5 Å². The summed E-state index contributed by atoms with van der Waals surface area (Å²) >= 11 is 1.43. The molecule has 1 saturated carbocycles. The molecule has 26 heavy (non-hydrogen) atoms. The van der Waals surface area contributed by atoms with E-state index in [0.29, 0.717) is 36.4 Å². The van der Waals surface area contributed by atoms with Crippen LogP contribution in [-0.2, 0) is 5.75 Å². The number of H-pyrrole nitrogens is 1. The van der Waals surface area contributed by atoms with Gasteiger partial charge in [0.2, 0.25) is 0 Å². The average Bonchev–Trinajstić information content (AvgIpc) is 3.43. The zero-order valence-corrected chi connectivity index (χ0v) is 15.1. The van der Waals surface area contributed by atoms with Gasteiger partial charge in [-0.05, 0) is 31.7 Å². The highest BCUT2D eigenvalue weighted by molar-refractivity contribution is 7.99. The number of halogens is 2. The van der Waals surface area contributed by atoms with E-state index >= 15 is 0 Å². The van der Waals surface area contributed by atoms with E-state index in [1.165, 1.54) is 17.8 Å². The average molecular weight is 381 g/mol. The van der Waals surface area contributed by atoms with Crippen molar-refractivity contribution >= 4 is 22.7 Å². The number of hydrogen-bond acceptors (Lipinski definition) is 5. The Kier molecular flexibility index (Phi) is 5.13. The summed E-state index contributed by atoms with van der Waals surface area (Å²) in [5, 5.41) is 2.83. The van der Waals surface area contributed by atoms with Crippen LogP contribution in [0.15, 0.2) is 16.9 Å². The molecule has 2 aromatic rings. The highest BCUT2D eigenvalue weighted by Gasteiger charge is 2.25. The van der Waals surface area contributed by atoms with Gasteiger partial charge in [0.05, 0.1) is 17.9 Å². The van der Waals surface area contributed by atoms with E-state index in [2.05, 4.69) is 15.3 Å². The van der Waals surface area contributed by atoms with E-state index in [1.807, 2.05) is 0 Å². The smallest absolute Gasteiger partial charge is 0.261 e. The Labute approximate surface area is 153 Å². The van der Waals surface area contributed by atoms with Crippen molar-refractivity contribution in [1.82, 2.24) is 15.3 Å². The number of hydrogen-bond donors (Lipinski definition) is 2. The normalized spacial score (nSPS) is 23.3. The Morgan fingerprint density at radius 3 is 2.92 bits per heavy atom. The number of aromatic amines is 1. The summed E-state index contributed by atoms with van der Waals surface area (Å²) in [5.41, 5.74) is -0.240. The topological polar surface area (TPSA) is 67.0 Å². The number of benzene rings is 1. The van der Waals surface area contributed by atoms with Gasteiger partial charge in [-0.1, -0.05) is 0 Å². The maximum atomic E-state index is 14.3. The van der Waals surface area contributed by atoms with Crippen molar-refractivity contribution in [1.29, 1.82) is 0 Å². The second-order valence-corrected chi connectivity index (χ2v) is 8.15. The summed E-state index contributed by atoms with van der Waals surface area (Å²) in [5.74, 6) is 1.11. The van der Waals surface area contributed by atoms with Gasteiger partial charge in [0.25, 0.3) is 5.56 Å². The van der Waals surface area contributed by atoms with E-state index in [-0.39, 0.29) is 16.2 Å². The van der Waals surface area contributed by atoms with Gasteiger partial charge in [-0.3, -0.25) is 4.79 Å². The van der Waals surface area contributed by atoms with Crippen LogP contribution in [0.1, 0.15) is 25.1 Å². The van der Waals surface area contributed by atoms with Crippen LogP contribution >= 0.6 is 11.8 Å². The first-order chi connectivity index (χ1) is 12.6. The lowest BCUT2D eigenvalue weighted by Crippen LogP contribution is -2.39. The van der Waals surface area contributed by atoms with Gasteiger partial charge in [0.15, 0.2) is 0 Å². The second-order valence-electron chi connectivity index (χ2n) is 6.92. The summed E-state index contributed by atoms with van der Waals surface area (Å²) in [7, 11) is 0. The molecule has 140 valence electrons. The third-order valence-electron chi connectivity index (χ3n) is 4.75. The molecule has 0 unspecified atom stereocenters. The predicted molar refractivity (Wildman–Crippen MR) is 98.0 cm³/mol. The van der Waals surface area contributed by atoms with Crippen molar-refractivity contribution in [2.45, 2.75) is 36.4 Å². The number of fused-ring (bicyclic) bond motifs is 1. The highest BCUT2D eigenvalue weighted by atomic mass is 32.2. The molecule has 8 heteroatoms. The molecule has 1 aliphatic carbocycles. The van der Waals surface area contributed by atoms with Crippen molar-refractivity contribution in [2.24, 2.45) is 5.92 Å². The van der Waals surface area contributed by atoms with Gasteiger partial charge < -0.3 is 15.0 Å². The molecular formula is C18H21F2N3O2S. The molecule has 0 amide bonds. The summed E-state index contributed by atoms with van der Waals surface area (Å²) in [6.07, 6.45) is 2.10. The van der Waals surface area contributed by atoms with Gasteiger partial charge in [-0.15, -0.1) is 11.8 Å². The van der Waals surface area contributed by atoms with Crippen molar-refractivity contribution in [2.75, 3.05) is 19.7 Å². The van der Waals surface area contributed by atoms with Gasteiger partial charge in [0.1, 0.15) is 28.9 Å². The molecule has 1 saturated heterocycles. The van der Waals surface area contributed by atoms with Crippen LogP contribution in [0.3, 0.4) is 0 Å². The molecule has 2 N–H and O–H groups in total. The minimum absolute atomic E-state index is 0.0669. The van der Waals surface area contributed by atoms with Crippen LogP contribution in [0.5, 0.6) is 5.75 Å². The van der Waals surface area contributed by atoms with E-state index in [1.54, 1.807) is 6.07 Å². The van der Waals surface area contributed by atoms with Crippen molar-refractivity contribution in [3.63, 3.8) is 0 Å². The summed E-state index contributed by atoms with van der Waals surface area (Å²) in [6.45, 7) is 1.70. The molecule has 0 bridgehead atoms. The number of thioether (sulfide) groups is 1. The molecule has 0 spiro atoms. The zero-order valence-electron chi connectivity index (χ0n) is 14.3. The summed E-state index contributed by atoms with van der Waals surface area (Å²) < 4.78 is 33.8. The fraction of sp³-hybridized carbons (Fsp3) is 0.556. The molecule has 0 radical (unpaired) electrons. The number of rotatable bonds is 6. The lowest BCUT2D eigenvalue weighted by Gasteiger charge is -2.25. The molecule has 2 aliphatic rings. The molecule has 1 aliphatic heterocycles. The second kappa shape index (κ2) is 7.52. The third kappa shape index (κ3) is 4.01.